The zero-order valence-electron chi connectivity index (χ0n) is 10.1. The number of aliphatic carboxylic acids is 1. The van der Waals surface area contributed by atoms with Gasteiger partial charge >= 0.3 is 11.9 Å². The highest BCUT2D eigenvalue weighted by Crippen LogP contribution is 2.06. The second-order valence-corrected chi connectivity index (χ2v) is 3.36. The lowest BCUT2D eigenvalue weighted by atomic mass is 10.1. The second-order valence-electron chi connectivity index (χ2n) is 3.36. The number of aliphatic hydroxyl groups is 2. The number of hydrogen-bond donors (Lipinski definition) is 3. The van der Waals surface area contributed by atoms with Gasteiger partial charge in [0.05, 0.1) is 6.61 Å². The van der Waals surface area contributed by atoms with E-state index in [1.807, 2.05) is 0 Å². The van der Waals surface area contributed by atoms with E-state index in [0.717, 1.165) is 0 Å². The lowest BCUT2D eigenvalue weighted by Gasteiger charge is -2.13. The van der Waals surface area contributed by atoms with Crippen LogP contribution in [0.25, 0.3) is 0 Å². The van der Waals surface area contributed by atoms with Gasteiger partial charge in [-0.1, -0.05) is 6.92 Å². The van der Waals surface area contributed by atoms with Crippen molar-refractivity contribution in [3.8, 4) is 0 Å². The molecule has 0 bridgehead atoms. The first kappa shape index (κ1) is 17.3. The molecular weight excluding hydrogens is 216 g/mol. The van der Waals surface area contributed by atoms with Crippen molar-refractivity contribution in [2.75, 3.05) is 6.61 Å². The van der Waals surface area contributed by atoms with Crippen LogP contribution in [0.1, 0.15) is 34.1 Å². The van der Waals surface area contributed by atoms with Crippen molar-refractivity contribution in [2.24, 2.45) is 0 Å². The van der Waals surface area contributed by atoms with Crippen molar-refractivity contribution in [3.05, 3.63) is 0 Å². The van der Waals surface area contributed by atoms with E-state index in [0.29, 0.717) is 6.61 Å². The minimum absolute atomic E-state index is 0.238. The van der Waals surface area contributed by atoms with Crippen LogP contribution < -0.4 is 0 Å². The minimum atomic E-state index is -1.54. The SMILES string of the molecule is CCC(C)(O)C(=O)O.CCOC(=O)[C@@H](C)O. The third-order valence-corrected chi connectivity index (χ3v) is 1.78. The number of carbonyl (C=O) groups is 2. The fraction of sp³-hybridized carbons (Fsp3) is 0.800. The Hall–Kier alpha value is -1.14. The van der Waals surface area contributed by atoms with Crippen LogP contribution in [-0.4, -0.2) is 45.6 Å². The van der Waals surface area contributed by atoms with E-state index in [4.69, 9.17) is 15.3 Å². The molecule has 0 amide bonds. The number of hydrogen-bond acceptors (Lipinski definition) is 5. The molecule has 0 aromatic heterocycles. The molecule has 16 heavy (non-hydrogen) atoms. The van der Waals surface area contributed by atoms with Gasteiger partial charge in [0, 0.05) is 0 Å². The zero-order chi connectivity index (χ0) is 13.4. The van der Waals surface area contributed by atoms with Gasteiger partial charge in [0.15, 0.2) is 5.60 Å². The van der Waals surface area contributed by atoms with E-state index in [2.05, 4.69) is 4.74 Å². The molecule has 6 nitrogen and oxygen atoms in total. The number of carboxylic acids is 1. The molecule has 1 unspecified atom stereocenters. The average molecular weight is 236 g/mol. The highest BCUT2D eigenvalue weighted by Gasteiger charge is 2.26. The Morgan fingerprint density at radius 1 is 1.38 bits per heavy atom. The smallest absolute Gasteiger partial charge is 0.335 e. The largest absolute Gasteiger partial charge is 0.479 e. The molecule has 0 aromatic carbocycles. The molecule has 3 N–H and O–H groups in total. The number of rotatable bonds is 4. The number of carbonyl (C=O) groups excluding carboxylic acids is 1. The maximum atomic E-state index is 10.3. The molecule has 2 atom stereocenters. The molecule has 0 aliphatic carbocycles. The molecule has 0 saturated carbocycles. The standard InChI is InChI=1S/2C5H10O3/c1-3-5(2,8)4(6)7;1-3-8-5(7)4(2)6/h8H,3H2,1-2H3,(H,6,7);4,6H,3H2,1-2H3/t;4-/m.1/s1. The van der Waals surface area contributed by atoms with Crippen LogP contribution in [0.2, 0.25) is 0 Å². The molecule has 96 valence electrons. The van der Waals surface area contributed by atoms with Crippen molar-refractivity contribution >= 4 is 11.9 Å². The molecule has 0 fully saturated rings. The quantitative estimate of drug-likeness (QED) is 0.601. The van der Waals surface area contributed by atoms with Gasteiger partial charge in [-0.15, -0.1) is 0 Å². The summed E-state index contributed by atoms with van der Waals surface area (Å²) in [6, 6.07) is 0. The molecule has 0 rings (SSSR count). The maximum absolute atomic E-state index is 10.3. The first-order valence-corrected chi connectivity index (χ1v) is 4.99. The summed E-state index contributed by atoms with van der Waals surface area (Å²) in [4.78, 5) is 20.3. The predicted molar refractivity (Wildman–Crippen MR) is 56.9 cm³/mol. The van der Waals surface area contributed by atoms with Crippen LogP contribution in [0.15, 0.2) is 0 Å². The molecule has 0 aliphatic heterocycles. The molecular formula is C10H20O6. The third kappa shape index (κ3) is 8.19. The third-order valence-electron chi connectivity index (χ3n) is 1.78. The van der Waals surface area contributed by atoms with Crippen molar-refractivity contribution < 1.29 is 29.6 Å². The average Bonchev–Trinajstić information content (AvgIpc) is 2.18. The van der Waals surface area contributed by atoms with Gasteiger partial charge in [0.1, 0.15) is 6.10 Å². The molecule has 0 heterocycles. The van der Waals surface area contributed by atoms with Gasteiger partial charge in [-0.05, 0) is 27.2 Å². The number of ether oxygens (including phenoxy) is 1. The molecule has 0 aromatic rings. The molecule has 0 spiro atoms. The summed E-state index contributed by atoms with van der Waals surface area (Å²) in [7, 11) is 0. The minimum Gasteiger partial charge on any atom is -0.479 e. The van der Waals surface area contributed by atoms with Gasteiger partial charge in [0.2, 0.25) is 0 Å². The van der Waals surface area contributed by atoms with Crippen molar-refractivity contribution in [2.45, 2.75) is 45.8 Å². The van der Waals surface area contributed by atoms with Gasteiger partial charge < -0.3 is 20.1 Å². The van der Waals surface area contributed by atoms with Crippen LogP contribution in [-0.2, 0) is 14.3 Å². The Balaban J connectivity index is 0. The molecule has 6 heteroatoms. The Kier molecular flexibility index (Phi) is 8.70. The monoisotopic (exact) mass is 236 g/mol. The van der Waals surface area contributed by atoms with E-state index in [1.54, 1.807) is 13.8 Å². The van der Waals surface area contributed by atoms with Gasteiger partial charge in [-0.25, -0.2) is 9.59 Å². The van der Waals surface area contributed by atoms with E-state index < -0.39 is 23.6 Å². The Morgan fingerprint density at radius 3 is 1.88 bits per heavy atom. The lowest BCUT2D eigenvalue weighted by Crippen LogP contribution is -2.33. The van der Waals surface area contributed by atoms with Crippen LogP contribution in [0, 0.1) is 0 Å². The van der Waals surface area contributed by atoms with Gasteiger partial charge in [0.25, 0.3) is 0 Å². The summed E-state index contributed by atoms with van der Waals surface area (Å²) in [5.41, 5.74) is -1.54. The van der Waals surface area contributed by atoms with E-state index in [-0.39, 0.29) is 6.42 Å². The fourth-order valence-electron chi connectivity index (χ4n) is 0.414. The second kappa shape index (κ2) is 8.06. The van der Waals surface area contributed by atoms with Crippen LogP contribution in [0.4, 0.5) is 0 Å². The molecule has 0 radical (unpaired) electrons. The van der Waals surface area contributed by atoms with Gasteiger partial charge in [-0.2, -0.15) is 0 Å². The lowest BCUT2D eigenvalue weighted by molar-refractivity contribution is -0.156. The number of carboxylic acid groups (broad SMARTS) is 1. The normalized spacial score (nSPS) is 15.1. The predicted octanol–water partition coefficient (Wildman–Crippen LogP) is 0.162. The van der Waals surface area contributed by atoms with Crippen LogP contribution >= 0.6 is 0 Å². The van der Waals surface area contributed by atoms with Crippen LogP contribution in [0.5, 0.6) is 0 Å². The summed E-state index contributed by atoms with van der Waals surface area (Å²) in [6.07, 6.45) is -0.752. The van der Waals surface area contributed by atoms with Crippen LogP contribution in [0.3, 0.4) is 0 Å². The molecule has 0 aliphatic rings. The molecule has 0 saturated heterocycles. The number of esters is 1. The summed E-state index contributed by atoms with van der Waals surface area (Å²) >= 11 is 0. The maximum Gasteiger partial charge on any atom is 0.335 e. The number of aliphatic hydroxyl groups excluding tert-OH is 1. The summed E-state index contributed by atoms with van der Waals surface area (Å²) in [5, 5.41) is 25.5. The van der Waals surface area contributed by atoms with Crippen molar-refractivity contribution in [3.63, 3.8) is 0 Å². The van der Waals surface area contributed by atoms with Crippen molar-refractivity contribution in [1.82, 2.24) is 0 Å². The Labute approximate surface area is 94.8 Å². The fourth-order valence-corrected chi connectivity index (χ4v) is 0.414. The van der Waals surface area contributed by atoms with E-state index >= 15 is 0 Å². The Bertz CT molecular complexity index is 219. The highest BCUT2D eigenvalue weighted by molar-refractivity contribution is 5.76. The first-order valence-electron chi connectivity index (χ1n) is 4.99. The zero-order valence-corrected chi connectivity index (χ0v) is 10.1. The van der Waals surface area contributed by atoms with Crippen molar-refractivity contribution in [1.29, 1.82) is 0 Å². The van der Waals surface area contributed by atoms with E-state index in [1.165, 1.54) is 13.8 Å². The first-order chi connectivity index (χ1) is 7.18. The van der Waals surface area contributed by atoms with Gasteiger partial charge in [-0.3, -0.25) is 0 Å². The summed E-state index contributed by atoms with van der Waals surface area (Å²) in [5.74, 6) is -1.73. The summed E-state index contributed by atoms with van der Waals surface area (Å²) in [6.45, 7) is 6.28. The topological polar surface area (TPSA) is 104 Å². The van der Waals surface area contributed by atoms with E-state index in [9.17, 15) is 9.59 Å². The summed E-state index contributed by atoms with van der Waals surface area (Å²) < 4.78 is 4.41. The highest BCUT2D eigenvalue weighted by atomic mass is 16.5. The Morgan fingerprint density at radius 2 is 1.81 bits per heavy atom.